The molecule has 43 heavy (non-hydrogen) atoms. The van der Waals surface area contributed by atoms with Crippen molar-refractivity contribution in [1.29, 1.82) is 10.5 Å². The molecule has 2 atom stereocenters. The molecule has 0 spiro atoms. The quantitative estimate of drug-likeness (QED) is 0.250. The standard InChI is InChI=1S/C24H15ClF2N4O2S.C7H12FN/c1-32-24-14(9-29)21(33-10-3-2-4-10)12-7-15(25)18(19(27)20(12)31-24)11-5-6-16(26)22-17(11)13(8-28)23(30)34-22;8-6-4-7-2-1-3-9(7)5-6/h5-7,10H,2-4,30H2,1H3;6-7H,1-5H2. The number of hydrogen-bond acceptors (Lipinski definition) is 8. The predicted molar refractivity (Wildman–Crippen MR) is 160 cm³/mol. The Kier molecular flexibility index (Phi) is 7.99. The van der Waals surface area contributed by atoms with Gasteiger partial charge in [-0.05, 0) is 62.8 Å². The van der Waals surface area contributed by atoms with E-state index in [-0.39, 0.29) is 71.0 Å². The smallest absolute Gasteiger partial charge is 0.235 e. The molecule has 7 rings (SSSR count). The largest absolute Gasteiger partial charge is 0.488 e. The van der Waals surface area contributed by atoms with Crippen molar-refractivity contribution in [2.24, 2.45) is 0 Å². The molecule has 4 aromatic rings. The summed E-state index contributed by atoms with van der Waals surface area (Å²) in [5, 5.41) is 19.8. The lowest BCUT2D eigenvalue weighted by molar-refractivity contribution is 0.121. The molecule has 0 amide bonds. The molecule has 12 heteroatoms. The lowest BCUT2D eigenvalue weighted by atomic mass is 9.95. The average Bonchev–Trinajstić information content (AvgIpc) is 3.64. The first kappa shape index (κ1) is 29.3. The maximum Gasteiger partial charge on any atom is 0.235 e. The van der Waals surface area contributed by atoms with E-state index in [2.05, 4.69) is 9.88 Å². The van der Waals surface area contributed by atoms with Crippen molar-refractivity contribution in [3.8, 4) is 34.9 Å². The number of nitrogens with zero attached hydrogens (tertiary/aromatic N) is 4. The van der Waals surface area contributed by atoms with Crippen molar-refractivity contribution < 1.29 is 22.6 Å². The summed E-state index contributed by atoms with van der Waals surface area (Å²) in [6, 6.07) is 8.60. The van der Waals surface area contributed by atoms with Crippen LogP contribution in [0, 0.1) is 34.3 Å². The number of aromatic nitrogens is 1. The molecule has 0 radical (unpaired) electrons. The molecule has 4 heterocycles. The van der Waals surface area contributed by atoms with Crippen LogP contribution in [0.4, 0.5) is 18.2 Å². The maximum absolute atomic E-state index is 16.1. The van der Waals surface area contributed by atoms with E-state index < -0.39 is 17.8 Å². The van der Waals surface area contributed by atoms with E-state index in [1.54, 1.807) is 0 Å². The Hall–Kier alpha value is -3.77. The zero-order valence-electron chi connectivity index (χ0n) is 23.2. The molecule has 2 saturated heterocycles. The van der Waals surface area contributed by atoms with Crippen molar-refractivity contribution in [2.75, 3.05) is 25.9 Å². The van der Waals surface area contributed by atoms with Gasteiger partial charge in [0.25, 0.3) is 0 Å². The zero-order valence-corrected chi connectivity index (χ0v) is 24.8. The molecule has 222 valence electrons. The summed E-state index contributed by atoms with van der Waals surface area (Å²) in [6.07, 6.45) is 5.34. The molecule has 1 aliphatic carbocycles. The number of pyridine rings is 1. The Morgan fingerprint density at radius 3 is 2.56 bits per heavy atom. The second-order valence-electron chi connectivity index (χ2n) is 10.9. The molecule has 2 aromatic carbocycles. The summed E-state index contributed by atoms with van der Waals surface area (Å²) in [5.41, 5.74) is 6.04. The minimum Gasteiger partial charge on any atom is -0.488 e. The number of rotatable bonds is 4. The van der Waals surface area contributed by atoms with Crippen LogP contribution in [0.25, 0.3) is 32.1 Å². The maximum atomic E-state index is 16.1. The molecule has 2 aliphatic heterocycles. The van der Waals surface area contributed by atoms with Gasteiger partial charge in [-0.15, -0.1) is 11.3 Å². The monoisotopic (exact) mass is 625 g/mol. The molecule has 0 bridgehead atoms. The van der Waals surface area contributed by atoms with Gasteiger partial charge in [-0.2, -0.15) is 10.5 Å². The first-order valence-corrected chi connectivity index (χ1v) is 15.2. The Morgan fingerprint density at radius 1 is 1.14 bits per heavy atom. The number of anilines is 1. The van der Waals surface area contributed by atoms with Crippen LogP contribution in [0.2, 0.25) is 5.02 Å². The summed E-state index contributed by atoms with van der Waals surface area (Å²) >= 11 is 7.48. The Bertz CT molecular complexity index is 1820. The number of halogens is 4. The molecule has 7 nitrogen and oxygen atoms in total. The topological polar surface area (TPSA) is 108 Å². The summed E-state index contributed by atoms with van der Waals surface area (Å²) in [4.78, 5) is 6.51. The number of nitrogens with two attached hydrogens (primary N) is 1. The number of nitrogen functional groups attached to an aromatic ring is 1. The van der Waals surface area contributed by atoms with Gasteiger partial charge in [0, 0.05) is 28.9 Å². The van der Waals surface area contributed by atoms with Crippen LogP contribution in [-0.4, -0.2) is 48.4 Å². The van der Waals surface area contributed by atoms with Gasteiger partial charge >= 0.3 is 0 Å². The van der Waals surface area contributed by atoms with Crippen molar-refractivity contribution in [2.45, 2.75) is 56.8 Å². The van der Waals surface area contributed by atoms with Gasteiger partial charge in [0.2, 0.25) is 5.88 Å². The van der Waals surface area contributed by atoms with Crippen LogP contribution in [-0.2, 0) is 0 Å². The van der Waals surface area contributed by atoms with Gasteiger partial charge < -0.3 is 15.2 Å². The zero-order chi connectivity index (χ0) is 30.4. The van der Waals surface area contributed by atoms with Gasteiger partial charge in [-0.1, -0.05) is 17.7 Å². The number of methoxy groups -OCH3 is 1. The van der Waals surface area contributed by atoms with Gasteiger partial charge in [0.15, 0.2) is 17.1 Å². The number of hydrogen-bond donors (Lipinski definition) is 1. The van der Waals surface area contributed by atoms with Crippen LogP contribution in [0.3, 0.4) is 0 Å². The summed E-state index contributed by atoms with van der Waals surface area (Å²) in [5.74, 6) is -1.32. The van der Waals surface area contributed by atoms with Gasteiger partial charge in [-0.25, -0.2) is 18.2 Å². The average molecular weight is 626 g/mol. The molecular weight excluding hydrogens is 599 g/mol. The molecule has 3 fully saturated rings. The van der Waals surface area contributed by atoms with E-state index in [4.69, 9.17) is 26.8 Å². The number of thiophene rings is 1. The second-order valence-corrected chi connectivity index (χ2v) is 12.4. The van der Waals surface area contributed by atoms with Crippen molar-refractivity contribution in [3.63, 3.8) is 0 Å². The third-order valence-electron chi connectivity index (χ3n) is 8.39. The molecule has 2 aromatic heterocycles. The highest BCUT2D eigenvalue weighted by atomic mass is 35.5. The van der Waals surface area contributed by atoms with Crippen molar-refractivity contribution in [1.82, 2.24) is 9.88 Å². The van der Waals surface area contributed by atoms with Gasteiger partial charge in [0.05, 0.1) is 28.5 Å². The minimum atomic E-state index is -0.815. The molecule has 3 aliphatic rings. The number of benzene rings is 2. The second kappa shape index (κ2) is 11.7. The third kappa shape index (κ3) is 5.10. The van der Waals surface area contributed by atoms with E-state index in [0.717, 1.165) is 43.6 Å². The number of fused-ring (bicyclic) bond motifs is 3. The van der Waals surface area contributed by atoms with E-state index in [0.29, 0.717) is 12.6 Å². The lowest BCUT2D eigenvalue weighted by Crippen LogP contribution is -2.25. The van der Waals surface area contributed by atoms with Crippen LogP contribution >= 0.6 is 22.9 Å². The van der Waals surface area contributed by atoms with E-state index in [1.807, 2.05) is 12.1 Å². The fourth-order valence-corrected chi connectivity index (χ4v) is 7.33. The number of nitriles is 2. The summed E-state index contributed by atoms with van der Waals surface area (Å²) < 4.78 is 54.6. The normalized spacial score (nSPS) is 19.8. The Balaban J connectivity index is 0.000000310. The first-order valence-electron chi connectivity index (χ1n) is 14.0. The number of alkyl halides is 1. The first-order chi connectivity index (χ1) is 20.7. The lowest BCUT2D eigenvalue weighted by Gasteiger charge is -2.28. The van der Waals surface area contributed by atoms with Crippen LogP contribution in [0.15, 0.2) is 18.2 Å². The fourth-order valence-electron chi connectivity index (χ4n) is 6.09. The fraction of sp³-hybridized carbons (Fsp3) is 0.387. The summed E-state index contributed by atoms with van der Waals surface area (Å²) in [7, 11) is 1.33. The number of ether oxygens (including phenoxy) is 2. The third-order valence-corrected chi connectivity index (χ3v) is 9.72. The Morgan fingerprint density at radius 2 is 1.91 bits per heavy atom. The van der Waals surface area contributed by atoms with E-state index >= 15 is 4.39 Å². The highest BCUT2D eigenvalue weighted by molar-refractivity contribution is 7.23. The van der Waals surface area contributed by atoms with Crippen LogP contribution in [0.5, 0.6) is 11.6 Å². The molecule has 2 N–H and O–H groups in total. The highest BCUT2D eigenvalue weighted by Gasteiger charge is 2.35. The molecule has 2 unspecified atom stereocenters. The predicted octanol–water partition coefficient (Wildman–Crippen LogP) is 7.51. The van der Waals surface area contributed by atoms with Crippen LogP contribution in [0.1, 0.15) is 49.7 Å². The SMILES string of the molecule is COc1nc2c(F)c(-c3ccc(F)c4sc(N)c(C#N)c34)c(Cl)cc2c(OC2CCC2)c1C#N.FC1CC2CCCN2C1. The van der Waals surface area contributed by atoms with Gasteiger partial charge in [0.1, 0.15) is 34.6 Å². The van der Waals surface area contributed by atoms with Gasteiger partial charge in [-0.3, -0.25) is 4.90 Å². The summed E-state index contributed by atoms with van der Waals surface area (Å²) in [6.45, 7) is 1.86. The van der Waals surface area contributed by atoms with E-state index in [9.17, 15) is 19.3 Å². The minimum absolute atomic E-state index is 0.0131. The van der Waals surface area contributed by atoms with Crippen molar-refractivity contribution >= 4 is 48.9 Å². The van der Waals surface area contributed by atoms with Crippen LogP contribution < -0.4 is 15.2 Å². The molecular formula is C31H27ClF3N5O2S. The molecule has 1 saturated carbocycles. The highest BCUT2D eigenvalue weighted by Crippen LogP contribution is 2.47. The Labute approximate surface area is 255 Å². The van der Waals surface area contributed by atoms with Crippen molar-refractivity contribution in [3.05, 3.63) is 46.0 Å². The van der Waals surface area contributed by atoms with E-state index in [1.165, 1.54) is 38.2 Å².